The monoisotopic (exact) mass is 717 g/mol. The van der Waals surface area contributed by atoms with Gasteiger partial charge in [-0.3, -0.25) is 0 Å². The molecule has 0 fully saturated rings. The normalized spacial score (nSPS) is 16.8. The molecule has 0 aromatic heterocycles. The lowest BCUT2D eigenvalue weighted by molar-refractivity contribution is 0.0333. The molecule has 0 saturated carbocycles. The topological polar surface area (TPSA) is 0 Å². The van der Waals surface area contributed by atoms with Gasteiger partial charge < -0.3 is 0 Å². The van der Waals surface area contributed by atoms with Gasteiger partial charge in [0.15, 0.2) is 0 Å². The van der Waals surface area contributed by atoms with Crippen molar-refractivity contribution in [2.75, 3.05) is 0 Å². The molecule has 0 nitrogen and oxygen atoms in total. The third-order valence-electron chi connectivity index (χ3n) is 14.1. The molecule has 0 heterocycles. The van der Waals surface area contributed by atoms with Crippen molar-refractivity contribution in [3.8, 4) is 0 Å². The Balaban J connectivity index is 6.55. The first-order valence-corrected chi connectivity index (χ1v) is 24.9. The second-order valence-electron chi connectivity index (χ2n) is 18.2. The highest BCUT2D eigenvalue weighted by Crippen LogP contribution is 2.48. The zero-order valence-corrected chi connectivity index (χ0v) is 38.0. The molecule has 0 radical (unpaired) electrons. The number of rotatable bonds is 40. The summed E-state index contributed by atoms with van der Waals surface area (Å²) in [4.78, 5) is 0. The van der Waals surface area contributed by atoms with E-state index in [0.717, 1.165) is 47.3 Å². The lowest BCUT2D eigenvalue weighted by Crippen LogP contribution is -2.38. The Hall–Kier alpha value is 0. The summed E-state index contributed by atoms with van der Waals surface area (Å²) in [6.07, 6.45) is 47.7. The maximum atomic E-state index is 2.83. The molecule has 0 saturated heterocycles. The minimum absolute atomic E-state index is 0.874. The standard InChI is InChI=1S/C51H104/c1-11-19-24-28-31-34-39-44(9)47(18-8)51(43-36-27-22-14-4)50(38-16-6)49(42-33-23-15-5)45(10)48(41-37-32-29-25-20-12-2)46(17-7)40-35-30-26-21-13-3/h44-51H,11-43H2,1-10H3. The fraction of sp³-hybridized carbons (Fsp3) is 1.00. The summed E-state index contributed by atoms with van der Waals surface area (Å²) in [5.41, 5.74) is 0. The van der Waals surface area contributed by atoms with Crippen molar-refractivity contribution in [1.82, 2.24) is 0 Å². The van der Waals surface area contributed by atoms with Crippen LogP contribution in [0.25, 0.3) is 0 Å². The van der Waals surface area contributed by atoms with Crippen molar-refractivity contribution in [1.29, 1.82) is 0 Å². The van der Waals surface area contributed by atoms with Gasteiger partial charge in [-0.15, -0.1) is 0 Å². The van der Waals surface area contributed by atoms with Crippen molar-refractivity contribution >= 4 is 0 Å². The van der Waals surface area contributed by atoms with E-state index in [4.69, 9.17) is 0 Å². The highest BCUT2D eigenvalue weighted by molar-refractivity contribution is 4.89. The highest BCUT2D eigenvalue weighted by Gasteiger charge is 2.40. The maximum Gasteiger partial charge on any atom is -0.0352 e. The molecule has 8 unspecified atom stereocenters. The quantitative estimate of drug-likeness (QED) is 0.0554. The van der Waals surface area contributed by atoms with Gasteiger partial charge in [-0.1, -0.05) is 262 Å². The number of hydrogen-bond acceptors (Lipinski definition) is 0. The van der Waals surface area contributed by atoms with Crippen LogP contribution in [0.1, 0.15) is 281 Å². The molecule has 0 aromatic carbocycles. The second-order valence-corrected chi connectivity index (χ2v) is 18.2. The molecule has 51 heavy (non-hydrogen) atoms. The Kier molecular flexibility index (Phi) is 36.9. The fourth-order valence-electron chi connectivity index (χ4n) is 10.9. The molecule has 0 heteroatoms. The molecule has 0 rings (SSSR count). The smallest absolute Gasteiger partial charge is 0.0352 e. The summed E-state index contributed by atoms with van der Waals surface area (Å²) in [6, 6.07) is 0. The Labute approximate surface area is 327 Å². The van der Waals surface area contributed by atoms with E-state index < -0.39 is 0 Å². The van der Waals surface area contributed by atoms with Gasteiger partial charge in [-0.05, 0) is 66.6 Å². The third kappa shape index (κ3) is 24.2. The predicted molar refractivity (Wildman–Crippen MR) is 237 cm³/mol. The summed E-state index contributed by atoms with van der Waals surface area (Å²) in [7, 11) is 0. The fourth-order valence-corrected chi connectivity index (χ4v) is 10.9. The van der Waals surface area contributed by atoms with Gasteiger partial charge in [0.2, 0.25) is 0 Å². The first-order chi connectivity index (χ1) is 24.9. The molecule has 0 N–H and O–H groups in total. The largest absolute Gasteiger partial charge is 0.0654 e. The van der Waals surface area contributed by atoms with Crippen molar-refractivity contribution in [3.05, 3.63) is 0 Å². The summed E-state index contributed by atoms with van der Waals surface area (Å²) >= 11 is 0. The minimum atomic E-state index is 0.874. The zero-order chi connectivity index (χ0) is 38.0. The average molecular weight is 717 g/mol. The molecule has 0 aliphatic carbocycles. The van der Waals surface area contributed by atoms with Crippen LogP contribution in [0.3, 0.4) is 0 Å². The van der Waals surface area contributed by atoms with Crippen LogP contribution in [0.4, 0.5) is 0 Å². The Morgan fingerprint density at radius 1 is 0.255 bits per heavy atom. The van der Waals surface area contributed by atoms with Gasteiger partial charge in [-0.2, -0.15) is 0 Å². The van der Waals surface area contributed by atoms with Crippen molar-refractivity contribution in [2.24, 2.45) is 47.3 Å². The van der Waals surface area contributed by atoms with Crippen molar-refractivity contribution in [2.45, 2.75) is 281 Å². The van der Waals surface area contributed by atoms with Gasteiger partial charge in [0.25, 0.3) is 0 Å². The summed E-state index contributed by atoms with van der Waals surface area (Å²) in [5, 5.41) is 0. The highest BCUT2D eigenvalue weighted by atomic mass is 14.5. The van der Waals surface area contributed by atoms with Crippen molar-refractivity contribution in [3.63, 3.8) is 0 Å². The van der Waals surface area contributed by atoms with Gasteiger partial charge in [0, 0.05) is 0 Å². The Bertz CT molecular complexity index is 665. The first-order valence-electron chi connectivity index (χ1n) is 24.9. The van der Waals surface area contributed by atoms with Crippen molar-refractivity contribution < 1.29 is 0 Å². The van der Waals surface area contributed by atoms with Gasteiger partial charge >= 0.3 is 0 Å². The van der Waals surface area contributed by atoms with E-state index in [2.05, 4.69) is 69.2 Å². The van der Waals surface area contributed by atoms with Crippen LogP contribution in [0.2, 0.25) is 0 Å². The summed E-state index contributed by atoms with van der Waals surface area (Å²) in [5.74, 6) is 7.31. The van der Waals surface area contributed by atoms with Crippen LogP contribution in [-0.4, -0.2) is 0 Å². The van der Waals surface area contributed by atoms with E-state index in [1.165, 1.54) is 212 Å². The molecular formula is C51H104. The van der Waals surface area contributed by atoms with Crippen LogP contribution in [-0.2, 0) is 0 Å². The van der Waals surface area contributed by atoms with Gasteiger partial charge in [0.1, 0.15) is 0 Å². The van der Waals surface area contributed by atoms with E-state index in [1.54, 1.807) is 0 Å². The molecule has 0 aliphatic heterocycles. The lowest BCUT2D eigenvalue weighted by atomic mass is 9.59. The number of hydrogen-bond donors (Lipinski definition) is 0. The van der Waals surface area contributed by atoms with Gasteiger partial charge in [-0.25, -0.2) is 0 Å². The molecule has 0 bridgehead atoms. The minimum Gasteiger partial charge on any atom is -0.0654 e. The van der Waals surface area contributed by atoms with Crippen LogP contribution in [0.5, 0.6) is 0 Å². The Morgan fingerprint density at radius 2 is 0.608 bits per heavy atom. The molecule has 0 aromatic rings. The second kappa shape index (κ2) is 36.9. The van der Waals surface area contributed by atoms with Crippen LogP contribution in [0, 0.1) is 47.3 Å². The lowest BCUT2D eigenvalue weighted by Gasteiger charge is -2.46. The van der Waals surface area contributed by atoms with E-state index in [0.29, 0.717) is 0 Å². The molecule has 308 valence electrons. The maximum absolute atomic E-state index is 2.83. The van der Waals surface area contributed by atoms with Crippen LogP contribution in [0.15, 0.2) is 0 Å². The summed E-state index contributed by atoms with van der Waals surface area (Å²) < 4.78 is 0. The molecule has 0 aliphatic rings. The Morgan fingerprint density at radius 3 is 1.08 bits per heavy atom. The van der Waals surface area contributed by atoms with E-state index in [1.807, 2.05) is 0 Å². The van der Waals surface area contributed by atoms with E-state index in [-0.39, 0.29) is 0 Å². The molecule has 0 spiro atoms. The van der Waals surface area contributed by atoms with Gasteiger partial charge in [0.05, 0.1) is 0 Å². The van der Waals surface area contributed by atoms with E-state index in [9.17, 15) is 0 Å². The molecule has 0 amide bonds. The van der Waals surface area contributed by atoms with Crippen LogP contribution < -0.4 is 0 Å². The number of unbranched alkanes of at least 4 members (excludes halogenated alkanes) is 19. The third-order valence-corrected chi connectivity index (χ3v) is 14.1. The zero-order valence-electron chi connectivity index (χ0n) is 38.0. The predicted octanol–water partition coefficient (Wildman–Crippen LogP) is 19.0. The molecule has 8 atom stereocenters. The van der Waals surface area contributed by atoms with Crippen LogP contribution >= 0.6 is 0 Å². The SMILES string of the molecule is CCCCCCCCC(C)C(CC)C(CCCCCC)C(CCC)C(CCCCC)C(C)C(CCCCCCCC)C(CC)CCCCCCC. The first kappa shape index (κ1) is 51.0. The summed E-state index contributed by atoms with van der Waals surface area (Å²) in [6.45, 7) is 25.1. The molecular weight excluding hydrogens is 613 g/mol. The van der Waals surface area contributed by atoms with E-state index >= 15 is 0 Å². The average Bonchev–Trinajstić information content (AvgIpc) is 3.13.